The van der Waals surface area contributed by atoms with Crippen molar-refractivity contribution in [3.05, 3.63) is 0 Å². The molecule has 3 heteroatoms. The number of rotatable bonds is 12. The van der Waals surface area contributed by atoms with E-state index in [2.05, 4.69) is 27.7 Å². The Kier molecular flexibility index (Phi) is 22.8. The van der Waals surface area contributed by atoms with Crippen molar-refractivity contribution < 1.29 is 21.5 Å². The highest BCUT2D eigenvalue weighted by molar-refractivity contribution is 14.0. The van der Waals surface area contributed by atoms with Crippen LogP contribution in [0.4, 0.5) is 0 Å². The molecule has 0 heterocycles. The van der Waals surface area contributed by atoms with Gasteiger partial charge < -0.3 is 21.5 Å². The molecule has 0 aliphatic carbocycles. The molecule has 0 spiro atoms. The third kappa shape index (κ3) is 12.6. The van der Waals surface area contributed by atoms with Crippen molar-refractivity contribution >= 4 is 24.0 Å². The van der Waals surface area contributed by atoms with E-state index in [1.54, 1.807) is 0 Å². The lowest BCUT2D eigenvalue weighted by molar-refractivity contribution is -0.929. The Morgan fingerprint density at radius 1 is 0.526 bits per heavy atom. The highest BCUT2D eigenvalue weighted by atomic mass is 127. The second-order valence-electron chi connectivity index (χ2n) is 5.65. The largest absolute Gasteiger partial charge is 1.00 e. The van der Waals surface area contributed by atoms with E-state index in [9.17, 15) is 0 Å². The molecule has 0 N–H and O–H groups in total. The van der Waals surface area contributed by atoms with Crippen molar-refractivity contribution in [2.24, 2.45) is 0 Å². The van der Waals surface area contributed by atoms with E-state index in [0.29, 0.717) is 0 Å². The fourth-order valence-corrected chi connectivity index (χ4v) is 2.64. The van der Waals surface area contributed by atoms with Gasteiger partial charge in [0.1, 0.15) is 0 Å². The Morgan fingerprint density at radius 3 is 0.895 bits per heavy atom. The first-order valence-electron chi connectivity index (χ1n) is 8.09. The molecule has 0 unspecified atom stereocenters. The quantitative estimate of drug-likeness (QED) is 0.317. The van der Waals surface area contributed by atoms with E-state index in [1.807, 2.05) is 0 Å². The molecule has 0 aliphatic heterocycles. The molecule has 0 amide bonds. The van der Waals surface area contributed by atoms with Gasteiger partial charge in [-0.2, -0.15) is 0 Å². The highest BCUT2D eigenvalue weighted by Gasteiger charge is 2.24. The zero-order valence-electron chi connectivity index (χ0n) is 13.7. The summed E-state index contributed by atoms with van der Waals surface area (Å²) in [7, 11) is 0. The third-order valence-corrected chi connectivity index (χ3v) is 3.94. The minimum Gasteiger partial charge on any atom is -1.00 e. The van der Waals surface area contributed by atoms with Crippen LogP contribution in [-0.4, -0.2) is 30.7 Å². The predicted octanol–water partition coefficient (Wildman–Crippen LogP) is 2.63. The molecule has 19 heavy (non-hydrogen) atoms. The van der Waals surface area contributed by atoms with E-state index in [-0.39, 0.29) is 41.0 Å². The Hall–Kier alpha value is 1.17. The van der Waals surface area contributed by atoms with Crippen LogP contribution in [0.1, 0.15) is 79.1 Å². The van der Waals surface area contributed by atoms with Gasteiger partial charge in [0.2, 0.25) is 0 Å². The van der Waals surface area contributed by atoms with E-state index in [0.717, 1.165) is 0 Å². The van der Waals surface area contributed by atoms with Crippen LogP contribution in [0.15, 0.2) is 0 Å². The molecular formula is C16H37BrIN. The Balaban J connectivity index is -0.00000128. The van der Waals surface area contributed by atoms with Gasteiger partial charge in [-0.1, -0.05) is 53.4 Å². The maximum absolute atomic E-state index is 2.33. The van der Waals surface area contributed by atoms with E-state index in [4.69, 9.17) is 0 Å². The first kappa shape index (κ1) is 25.1. The lowest BCUT2D eigenvalue weighted by Gasteiger charge is -2.39. The van der Waals surface area contributed by atoms with Crippen LogP contribution in [-0.2, 0) is 0 Å². The molecule has 0 saturated heterocycles. The van der Waals surface area contributed by atoms with Gasteiger partial charge in [0.25, 0.3) is 0 Å². The van der Waals surface area contributed by atoms with Crippen molar-refractivity contribution in [3.63, 3.8) is 0 Å². The van der Waals surface area contributed by atoms with Crippen LogP contribution < -0.4 is 17.0 Å². The molecule has 0 aromatic rings. The van der Waals surface area contributed by atoms with Crippen molar-refractivity contribution in [3.8, 4) is 0 Å². The van der Waals surface area contributed by atoms with Gasteiger partial charge in [0, 0.05) is 0 Å². The second-order valence-corrected chi connectivity index (χ2v) is 5.65. The molecule has 0 aromatic heterocycles. The lowest BCUT2D eigenvalue weighted by Crippen LogP contribution is -3.00. The van der Waals surface area contributed by atoms with Crippen LogP contribution in [0, 0.1) is 0 Å². The van der Waals surface area contributed by atoms with Crippen LogP contribution in [0.25, 0.3) is 0 Å². The molecule has 1 nitrogen and oxygen atoms in total. The van der Waals surface area contributed by atoms with Gasteiger partial charge in [-0.3, -0.25) is 0 Å². The van der Waals surface area contributed by atoms with Gasteiger partial charge in [0.15, 0.2) is 0 Å². The van der Waals surface area contributed by atoms with Crippen molar-refractivity contribution in [1.29, 1.82) is 0 Å². The minimum absolute atomic E-state index is 0. The van der Waals surface area contributed by atoms with Crippen molar-refractivity contribution in [2.45, 2.75) is 79.1 Å². The summed E-state index contributed by atoms with van der Waals surface area (Å²) in [5.41, 5.74) is 0. The first-order valence-corrected chi connectivity index (χ1v) is 8.09. The minimum atomic E-state index is 0. The van der Waals surface area contributed by atoms with Crippen molar-refractivity contribution in [2.75, 3.05) is 26.2 Å². The number of hydrogen-bond acceptors (Lipinski definition) is 0. The first-order chi connectivity index (χ1) is 8.24. The average Bonchev–Trinajstić information content (AvgIpc) is 2.37. The van der Waals surface area contributed by atoms with Crippen LogP contribution in [0.5, 0.6) is 0 Å². The highest BCUT2D eigenvalue weighted by Crippen LogP contribution is 2.16. The summed E-state index contributed by atoms with van der Waals surface area (Å²) < 4.78 is 1.42. The lowest BCUT2D eigenvalue weighted by atomic mass is 10.1. The summed E-state index contributed by atoms with van der Waals surface area (Å²) >= 11 is 0. The number of nitrogens with zero attached hydrogens (tertiary/aromatic N) is 1. The summed E-state index contributed by atoms with van der Waals surface area (Å²) in [6.45, 7) is 15.0. The number of hydrogen-bond donors (Lipinski definition) is 0. The molecule has 0 aliphatic rings. The fourth-order valence-electron chi connectivity index (χ4n) is 2.64. The molecule has 0 aromatic carbocycles. The summed E-state index contributed by atoms with van der Waals surface area (Å²) in [6, 6.07) is 0. The number of quaternary nitrogens is 1. The number of halogens is 2. The molecule has 0 fully saturated rings. The molecule has 0 saturated carbocycles. The van der Waals surface area contributed by atoms with Gasteiger partial charge in [-0.05, 0) is 25.7 Å². The number of unbranched alkanes of at least 4 members (excludes halogenated alkanes) is 4. The third-order valence-electron chi connectivity index (χ3n) is 3.94. The molecule has 120 valence electrons. The topological polar surface area (TPSA) is 0 Å². The van der Waals surface area contributed by atoms with E-state index < -0.39 is 0 Å². The fraction of sp³-hybridized carbons (Fsp3) is 1.00. The molecule has 0 atom stereocenters. The van der Waals surface area contributed by atoms with Crippen molar-refractivity contribution in [1.82, 2.24) is 0 Å². The van der Waals surface area contributed by atoms with Gasteiger partial charge in [0.05, 0.1) is 26.2 Å². The van der Waals surface area contributed by atoms with Crippen LogP contribution >= 0.6 is 24.0 Å². The summed E-state index contributed by atoms with van der Waals surface area (Å²) in [6.07, 6.45) is 11.1. The molecular weight excluding hydrogens is 413 g/mol. The summed E-state index contributed by atoms with van der Waals surface area (Å²) in [4.78, 5) is 0. The van der Waals surface area contributed by atoms with Gasteiger partial charge in [-0.25, -0.2) is 0 Å². The second kappa shape index (κ2) is 17.2. The average molecular weight is 450 g/mol. The zero-order valence-corrected chi connectivity index (χ0v) is 17.6. The van der Waals surface area contributed by atoms with Gasteiger partial charge in [-0.15, -0.1) is 24.0 Å². The van der Waals surface area contributed by atoms with E-state index in [1.165, 1.54) is 82.0 Å². The molecule has 0 bridgehead atoms. The smallest absolute Gasteiger partial charge is 0.0786 e. The maximum atomic E-state index is 2.33. The Labute approximate surface area is 150 Å². The Bertz CT molecular complexity index is 127. The summed E-state index contributed by atoms with van der Waals surface area (Å²) in [5, 5.41) is 0. The Morgan fingerprint density at radius 2 is 0.737 bits per heavy atom. The SMILES string of the molecule is CCCC[N+](CCCC)(CCCC)CCCC.I.[Br-]. The zero-order chi connectivity index (χ0) is 13.0. The van der Waals surface area contributed by atoms with Crippen LogP contribution in [0.3, 0.4) is 0 Å². The maximum Gasteiger partial charge on any atom is 0.0786 e. The monoisotopic (exact) mass is 449 g/mol. The summed E-state index contributed by atoms with van der Waals surface area (Å²) in [5.74, 6) is 0. The van der Waals surface area contributed by atoms with E-state index >= 15 is 0 Å². The predicted molar refractivity (Wildman–Crippen MR) is 94.8 cm³/mol. The standard InChI is InChI=1S/C16H36N.BrH.HI/c1-5-9-13-17(14-10-6-2,15-11-7-3)16-12-8-4;;/h5-16H2,1-4H3;2*1H/q+1;;/p-1. The van der Waals surface area contributed by atoms with Gasteiger partial charge >= 0.3 is 0 Å². The normalized spacial score (nSPS) is 10.7. The molecule has 0 rings (SSSR count). The van der Waals surface area contributed by atoms with Crippen LogP contribution in [0.2, 0.25) is 0 Å². The molecule has 0 radical (unpaired) electrons.